The predicted octanol–water partition coefficient (Wildman–Crippen LogP) is 2.37. The minimum absolute atomic E-state index is 0.0933. The number of carbonyl (C=O) groups excluding carboxylic acids is 3. The molecule has 1 aromatic carbocycles. The number of anilines is 2. The predicted molar refractivity (Wildman–Crippen MR) is 117 cm³/mol. The van der Waals surface area contributed by atoms with Crippen LogP contribution in [0.2, 0.25) is 0 Å². The maximum atomic E-state index is 13.2. The number of benzene rings is 1. The fourth-order valence-electron chi connectivity index (χ4n) is 5.13. The van der Waals surface area contributed by atoms with E-state index in [1.165, 1.54) is 4.90 Å². The first-order valence-corrected chi connectivity index (χ1v) is 11.2. The lowest BCUT2D eigenvalue weighted by atomic mass is 9.81. The minimum atomic E-state index is -0.179. The standard InChI is InChI=1S/C23H27N5O3/c1-26-12-6-13-27(21-20(26)24-17-9-4-5-10-18(17)25-21)19(29)11-14-28-22(30)15-7-2-3-8-16(15)23(28)31/h4-5,9-10,15-16H,2-3,6-8,11-14H2,1H3/t15-,16-/m0/s1. The summed E-state index contributed by atoms with van der Waals surface area (Å²) in [5, 5.41) is 0. The average molecular weight is 422 g/mol. The molecule has 2 aliphatic heterocycles. The molecule has 2 fully saturated rings. The lowest BCUT2D eigenvalue weighted by Crippen LogP contribution is -2.38. The van der Waals surface area contributed by atoms with E-state index in [-0.39, 0.29) is 42.5 Å². The quantitative estimate of drug-likeness (QED) is 0.707. The van der Waals surface area contributed by atoms with Gasteiger partial charge in [-0.3, -0.25) is 24.2 Å². The molecule has 0 bridgehead atoms. The van der Waals surface area contributed by atoms with Gasteiger partial charge in [0.2, 0.25) is 17.7 Å². The van der Waals surface area contributed by atoms with Gasteiger partial charge in [-0.1, -0.05) is 25.0 Å². The highest BCUT2D eigenvalue weighted by molar-refractivity contribution is 6.06. The van der Waals surface area contributed by atoms with Gasteiger partial charge in [-0.2, -0.15) is 0 Å². The summed E-state index contributed by atoms with van der Waals surface area (Å²) in [5.74, 6) is 0.563. The third kappa shape index (κ3) is 3.43. The molecule has 162 valence electrons. The molecular weight excluding hydrogens is 394 g/mol. The Hall–Kier alpha value is -3.03. The Morgan fingerprint density at radius 1 is 0.935 bits per heavy atom. The molecule has 2 atom stereocenters. The Kier molecular flexibility index (Phi) is 5.08. The van der Waals surface area contributed by atoms with Crippen LogP contribution in [0.25, 0.3) is 11.0 Å². The van der Waals surface area contributed by atoms with Gasteiger partial charge >= 0.3 is 0 Å². The van der Waals surface area contributed by atoms with E-state index in [1.54, 1.807) is 4.90 Å². The Morgan fingerprint density at radius 2 is 1.55 bits per heavy atom. The van der Waals surface area contributed by atoms with Crippen LogP contribution in [0.3, 0.4) is 0 Å². The zero-order valence-electron chi connectivity index (χ0n) is 17.8. The summed E-state index contributed by atoms with van der Waals surface area (Å²) in [4.78, 5) is 53.2. The molecule has 1 aromatic heterocycles. The van der Waals surface area contributed by atoms with E-state index in [4.69, 9.17) is 9.97 Å². The van der Waals surface area contributed by atoms with Gasteiger partial charge in [0.15, 0.2) is 11.6 Å². The Balaban J connectivity index is 1.37. The number of likely N-dealkylation sites (tertiary alicyclic amines) is 1. The number of para-hydroxylation sites is 2. The van der Waals surface area contributed by atoms with E-state index >= 15 is 0 Å². The molecule has 1 aliphatic carbocycles. The SMILES string of the molecule is CN1CCCN(C(=O)CCN2C(=O)[C@H]3CCCC[C@@H]3C2=O)c2nc3ccccc3nc21. The molecule has 31 heavy (non-hydrogen) atoms. The molecule has 5 rings (SSSR count). The largest absolute Gasteiger partial charge is 0.357 e. The Labute approximate surface area is 181 Å². The molecule has 1 saturated carbocycles. The van der Waals surface area contributed by atoms with Gasteiger partial charge in [-0.25, -0.2) is 9.97 Å². The van der Waals surface area contributed by atoms with Crippen LogP contribution in [0.1, 0.15) is 38.5 Å². The topological polar surface area (TPSA) is 86.7 Å². The summed E-state index contributed by atoms with van der Waals surface area (Å²) in [7, 11) is 1.96. The van der Waals surface area contributed by atoms with E-state index in [0.717, 1.165) is 49.7 Å². The summed E-state index contributed by atoms with van der Waals surface area (Å²) in [6.45, 7) is 1.46. The third-order valence-corrected chi connectivity index (χ3v) is 6.81. The van der Waals surface area contributed by atoms with Crippen LogP contribution >= 0.6 is 0 Å². The van der Waals surface area contributed by atoms with Crippen molar-refractivity contribution in [3.63, 3.8) is 0 Å². The van der Waals surface area contributed by atoms with E-state index < -0.39 is 0 Å². The highest BCUT2D eigenvalue weighted by Crippen LogP contribution is 2.38. The highest BCUT2D eigenvalue weighted by Gasteiger charge is 2.48. The number of imide groups is 1. The number of fused-ring (bicyclic) bond motifs is 3. The van der Waals surface area contributed by atoms with Gasteiger partial charge in [0.05, 0.1) is 22.9 Å². The van der Waals surface area contributed by atoms with Crippen molar-refractivity contribution in [3.8, 4) is 0 Å². The van der Waals surface area contributed by atoms with Crippen LogP contribution < -0.4 is 9.80 Å². The fraction of sp³-hybridized carbons (Fsp3) is 0.522. The van der Waals surface area contributed by atoms with Crippen molar-refractivity contribution in [2.75, 3.05) is 36.5 Å². The molecule has 0 radical (unpaired) electrons. The van der Waals surface area contributed by atoms with Crippen molar-refractivity contribution in [3.05, 3.63) is 24.3 Å². The number of amides is 3. The molecule has 8 nitrogen and oxygen atoms in total. The minimum Gasteiger partial charge on any atom is -0.357 e. The van der Waals surface area contributed by atoms with Gasteiger partial charge in [0.25, 0.3) is 0 Å². The van der Waals surface area contributed by atoms with Crippen LogP contribution in [-0.2, 0) is 14.4 Å². The second kappa shape index (κ2) is 7.90. The van der Waals surface area contributed by atoms with E-state index in [9.17, 15) is 14.4 Å². The van der Waals surface area contributed by atoms with Gasteiger partial charge in [-0.05, 0) is 31.4 Å². The molecule has 0 unspecified atom stereocenters. The monoisotopic (exact) mass is 421 g/mol. The first kappa shape index (κ1) is 19.9. The van der Waals surface area contributed by atoms with E-state index in [0.29, 0.717) is 18.2 Å². The average Bonchev–Trinajstić information content (AvgIpc) is 2.92. The Bertz CT molecular complexity index is 1030. The molecule has 3 amide bonds. The number of hydrogen-bond acceptors (Lipinski definition) is 6. The van der Waals surface area contributed by atoms with E-state index in [2.05, 4.69) is 0 Å². The maximum Gasteiger partial charge on any atom is 0.233 e. The number of rotatable bonds is 3. The number of aromatic nitrogens is 2. The second-order valence-electron chi connectivity index (χ2n) is 8.76. The van der Waals surface area contributed by atoms with E-state index in [1.807, 2.05) is 36.2 Å². The van der Waals surface area contributed by atoms with Crippen molar-refractivity contribution in [1.82, 2.24) is 14.9 Å². The normalized spacial score (nSPS) is 23.7. The molecule has 0 N–H and O–H groups in total. The fourth-order valence-corrected chi connectivity index (χ4v) is 5.13. The number of nitrogens with zero attached hydrogens (tertiary/aromatic N) is 5. The summed E-state index contributed by atoms with van der Waals surface area (Å²) in [6, 6.07) is 7.63. The number of hydrogen-bond donors (Lipinski definition) is 0. The highest BCUT2D eigenvalue weighted by atomic mass is 16.2. The first-order valence-electron chi connectivity index (χ1n) is 11.2. The zero-order valence-corrected chi connectivity index (χ0v) is 17.8. The summed E-state index contributed by atoms with van der Waals surface area (Å²) >= 11 is 0. The molecule has 8 heteroatoms. The lowest BCUT2D eigenvalue weighted by Gasteiger charge is -2.23. The smallest absolute Gasteiger partial charge is 0.233 e. The van der Waals surface area contributed by atoms with Crippen LogP contribution in [-0.4, -0.2) is 59.3 Å². The number of carbonyl (C=O) groups is 3. The molecule has 2 aromatic rings. The first-order chi connectivity index (χ1) is 15.0. The Morgan fingerprint density at radius 3 is 2.19 bits per heavy atom. The van der Waals surface area contributed by atoms with Gasteiger partial charge < -0.3 is 4.90 Å². The van der Waals surface area contributed by atoms with Crippen molar-refractivity contribution in [2.24, 2.45) is 11.8 Å². The second-order valence-corrected chi connectivity index (χ2v) is 8.76. The molecule has 1 saturated heterocycles. The van der Waals surface area contributed by atoms with Gasteiger partial charge in [-0.15, -0.1) is 0 Å². The summed E-state index contributed by atoms with van der Waals surface area (Å²) in [6.07, 6.45) is 4.47. The van der Waals surface area contributed by atoms with Crippen LogP contribution in [0.15, 0.2) is 24.3 Å². The zero-order chi connectivity index (χ0) is 21.5. The van der Waals surface area contributed by atoms with Gasteiger partial charge in [0, 0.05) is 33.1 Å². The molecule has 3 heterocycles. The lowest BCUT2D eigenvalue weighted by molar-refractivity contribution is -0.140. The van der Waals surface area contributed by atoms with Crippen molar-refractivity contribution < 1.29 is 14.4 Å². The summed E-state index contributed by atoms with van der Waals surface area (Å²) < 4.78 is 0. The van der Waals surface area contributed by atoms with Crippen molar-refractivity contribution in [1.29, 1.82) is 0 Å². The molecular formula is C23H27N5O3. The maximum absolute atomic E-state index is 13.2. The molecule has 3 aliphatic rings. The van der Waals surface area contributed by atoms with Crippen LogP contribution in [0, 0.1) is 11.8 Å². The van der Waals surface area contributed by atoms with Gasteiger partial charge in [0.1, 0.15) is 0 Å². The van der Waals surface area contributed by atoms with Crippen LogP contribution in [0.5, 0.6) is 0 Å². The third-order valence-electron chi connectivity index (χ3n) is 6.81. The van der Waals surface area contributed by atoms with Crippen molar-refractivity contribution in [2.45, 2.75) is 38.5 Å². The van der Waals surface area contributed by atoms with Crippen molar-refractivity contribution >= 4 is 40.4 Å². The molecule has 0 spiro atoms. The summed E-state index contributed by atoms with van der Waals surface area (Å²) in [5.41, 5.74) is 1.53. The van der Waals surface area contributed by atoms with Crippen LogP contribution in [0.4, 0.5) is 11.6 Å².